The van der Waals surface area contributed by atoms with E-state index in [9.17, 15) is 4.79 Å². The van der Waals surface area contributed by atoms with Gasteiger partial charge >= 0.3 is 6.09 Å². The molecule has 0 aliphatic carbocycles. The first kappa shape index (κ1) is 18.4. The van der Waals surface area contributed by atoms with Crippen LogP contribution in [0, 0.1) is 0 Å². The Hall–Kier alpha value is -2.37. The molecule has 1 amide bonds. The van der Waals surface area contributed by atoms with E-state index < -0.39 is 5.60 Å². The highest BCUT2D eigenvalue weighted by molar-refractivity contribution is 5.69. The summed E-state index contributed by atoms with van der Waals surface area (Å²) in [4.78, 5) is 14.1. The van der Waals surface area contributed by atoms with E-state index in [0.29, 0.717) is 6.54 Å². The Morgan fingerprint density at radius 3 is 2.54 bits per heavy atom. The van der Waals surface area contributed by atoms with Crippen molar-refractivity contribution in [3.63, 3.8) is 0 Å². The lowest BCUT2D eigenvalue weighted by Gasteiger charge is -2.40. The highest BCUT2D eigenvalue weighted by Gasteiger charge is 2.39. The van der Waals surface area contributed by atoms with Crippen LogP contribution < -0.4 is 0 Å². The summed E-state index contributed by atoms with van der Waals surface area (Å²) >= 11 is 0. The number of carbonyl (C=O) groups excluding carboxylic acids is 1. The minimum absolute atomic E-state index is 0.0368. The third kappa shape index (κ3) is 4.23. The first-order valence-corrected chi connectivity index (χ1v) is 9.27. The number of likely N-dealkylation sites (tertiary alicyclic amines) is 1. The molecular formula is C20H28N4O2. The summed E-state index contributed by atoms with van der Waals surface area (Å²) in [5.41, 5.74) is 0.852. The Morgan fingerprint density at radius 2 is 1.92 bits per heavy atom. The lowest BCUT2D eigenvalue weighted by molar-refractivity contribution is -0.00793. The van der Waals surface area contributed by atoms with Crippen LogP contribution in [0.15, 0.2) is 30.3 Å². The summed E-state index contributed by atoms with van der Waals surface area (Å²) in [6, 6.07) is 10.4. The largest absolute Gasteiger partial charge is 0.444 e. The second kappa shape index (κ2) is 7.48. The van der Waals surface area contributed by atoms with Crippen LogP contribution in [0.2, 0.25) is 0 Å². The summed E-state index contributed by atoms with van der Waals surface area (Å²) in [6.07, 6.45) is 3.54. The fourth-order valence-electron chi connectivity index (χ4n) is 3.17. The van der Waals surface area contributed by atoms with E-state index in [2.05, 4.69) is 34.5 Å². The van der Waals surface area contributed by atoms with Crippen molar-refractivity contribution in [3.05, 3.63) is 47.5 Å². The summed E-state index contributed by atoms with van der Waals surface area (Å²) in [6.45, 7) is 6.35. The molecule has 0 saturated carbocycles. The van der Waals surface area contributed by atoms with Gasteiger partial charge in [0.25, 0.3) is 0 Å². The van der Waals surface area contributed by atoms with Gasteiger partial charge in [-0.15, -0.1) is 10.2 Å². The number of benzene rings is 1. The molecule has 140 valence electrons. The minimum atomic E-state index is -0.486. The van der Waals surface area contributed by atoms with Gasteiger partial charge in [0.1, 0.15) is 11.4 Å². The molecule has 1 saturated heterocycles. The van der Waals surface area contributed by atoms with Gasteiger partial charge in [-0.3, -0.25) is 4.90 Å². The Kier molecular flexibility index (Phi) is 5.30. The summed E-state index contributed by atoms with van der Waals surface area (Å²) < 4.78 is 7.52. The zero-order valence-electron chi connectivity index (χ0n) is 16.1. The molecule has 1 aliphatic heterocycles. The highest BCUT2D eigenvalue weighted by Crippen LogP contribution is 2.33. The normalized spacial score (nSPS) is 17.1. The molecule has 0 N–H and O–H groups in total. The highest BCUT2D eigenvalue weighted by atomic mass is 16.6. The van der Waals surface area contributed by atoms with Gasteiger partial charge in [-0.05, 0) is 45.6 Å². The molecule has 1 fully saturated rings. The van der Waals surface area contributed by atoms with Crippen molar-refractivity contribution in [2.24, 2.45) is 7.05 Å². The molecule has 1 aliphatic rings. The molecule has 3 rings (SSSR count). The van der Waals surface area contributed by atoms with Crippen molar-refractivity contribution in [2.75, 3.05) is 6.54 Å². The van der Waals surface area contributed by atoms with Crippen LogP contribution in [-0.2, 0) is 24.6 Å². The van der Waals surface area contributed by atoms with Gasteiger partial charge in [0.2, 0.25) is 0 Å². The van der Waals surface area contributed by atoms with Crippen molar-refractivity contribution < 1.29 is 9.53 Å². The molecule has 6 heteroatoms. The summed E-state index contributed by atoms with van der Waals surface area (Å²) in [5.74, 6) is 1.81. The van der Waals surface area contributed by atoms with Crippen molar-refractivity contribution in [2.45, 2.75) is 58.1 Å². The lowest BCUT2D eigenvalue weighted by Crippen LogP contribution is -2.48. The van der Waals surface area contributed by atoms with Crippen LogP contribution in [0.5, 0.6) is 0 Å². The monoisotopic (exact) mass is 356 g/mol. The van der Waals surface area contributed by atoms with Gasteiger partial charge in [-0.25, -0.2) is 4.79 Å². The lowest BCUT2D eigenvalue weighted by atomic mass is 10.0. The van der Waals surface area contributed by atoms with Crippen LogP contribution in [0.1, 0.15) is 56.9 Å². The van der Waals surface area contributed by atoms with E-state index in [0.717, 1.165) is 37.3 Å². The van der Waals surface area contributed by atoms with Crippen molar-refractivity contribution in [1.82, 2.24) is 19.7 Å². The molecule has 0 unspecified atom stereocenters. The van der Waals surface area contributed by atoms with E-state index in [1.807, 2.05) is 38.5 Å². The predicted molar refractivity (Wildman–Crippen MR) is 99.8 cm³/mol. The quantitative estimate of drug-likeness (QED) is 0.820. The number of amides is 1. The maximum atomic E-state index is 12.3. The average Bonchev–Trinajstić information content (AvgIpc) is 2.87. The summed E-state index contributed by atoms with van der Waals surface area (Å²) in [7, 11) is 1.98. The molecule has 0 radical (unpaired) electrons. The van der Waals surface area contributed by atoms with Crippen LogP contribution in [0.25, 0.3) is 0 Å². The second-order valence-electron chi connectivity index (χ2n) is 7.85. The van der Waals surface area contributed by atoms with Crippen LogP contribution in [-0.4, -0.2) is 37.9 Å². The van der Waals surface area contributed by atoms with E-state index in [1.54, 1.807) is 4.90 Å². The Balaban J connectivity index is 1.59. The molecule has 2 heterocycles. The number of hydrogen-bond acceptors (Lipinski definition) is 4. The number of rotatable bonds is 5. The van der Waals surface area contributed by atoms with Crippen molar-refractivity contribution >= 4 is 6.09 Å². The van der Waals surface area contributed by atoms with Crippen molar-refractivity contribution in [1.29, 1.82) is 0 Å². The molecule has 0 spiro atoms. The predicted octanol–water partition coefficient (Wildman–Crippen LogP) is 3.67. The SMILES string of the molecule is Cn1c(CCCc2ccccc2)nnc1[C@@H]1CCN1C(=O)OC(C)(C)C. The zero-order chi connectivity index (χ0) is 18.7. The standard InChI is InChI=1S/C20H28N4O2/c1-20(2,3)26-19(25)24-14-13-16(24)18-22-21-17(23(18)4)12-8-11-15-9-6-5-7-10-15/h5-7,9-10,16H,8,11-14H2,1-4H3/t16-/m0/s1. The first-order chi connectivity index (χ1) is 12.3. The second-order valence-corrected chi connectivity index (χ2v) is 7.85. The third-order valence-electron chi connectivity index (χ3n) is 4.65. The number of carbonyl (C=O) groups is 1. The van der Waals surface area contributed by atoms with Crippen molar-refractivity contribution in [3.8, 4) is 0 Å². The zero-order valence-corrected chi connectivity index (χ0v) is 16.1. The van der Waals surface area contributed by atoms with E-state index in [-0.39, 0.29) is 12.1 Å². The topological polar surface area (TPSA) is 60.2 Å². The molecule has 1 aromatic carbocycles. The minimum Gasteiger partial charge on any atom is -0.444 e. The number of nitrogens with zero attached hydrogens (tertiary/aromatic N) is 4. The Morgan fingerprint density at radius 1 is 1.19 bits per heavy atom. The van der Waals surface area contributed by atoms with Gasteiger partial charge in [-0.2, -0.15) is 0 Å². The van der Waals surface area contributed by atoms with E-state index >= 15 is 0 Å². The van der Waals surface area contributed by atoms with Crippen LogP contribution in [0.3, 0.4) is 0 Å². The third-order valence-corrected chi connectivity index (χ3v) is 4.65. The van der Waals surface area contributed by atoms with Gasteiger partial charge in [-0.1, -0.05) is 30.3 Å². The number of aromatic nitrogens is 3. The molecule has 1 aromatic heterocycles. The summed E-state index contributed by atoms with van der Waals surface area (Å²) in [5, 5.41) is 8.71. The van der Waals surface area contributed by atoms with E-state index in [1.165, 1.54) is 5.56 Å². The Bertz CT molecular complexity index is 749. The molecule has 6 nitrogen and oxygen atoms in total. The Labute approximate surface area is 155 Å². The smallest absolute Gasteiger partial charge is 0.410 e. The number of hydrogen-bond donors (Lipinski definition) is 0. The van der Waals surface area contributed by atoms with Crippen LogP contribution >= 0.6 is 0 Å². The maximum Gasteiger partial charge on any atom is 0.410 e. The van der Waals surface area contributed by atoms with Gasteiger partial charge in [0, 0.05) is 20.0 Å². The van der Waals surface area contributed by atoms with Gasteiger partial charge < -0.3 is 9.30 Å². The average molecular weight is 356 g/mol. The number of ether oxygens (including phenoxy) is 1. The molecule has 0 bridgehead atoms. The maximum absolute atomic E-state index is 12.3. The molecule has 26 heavy (non-hydrogen) atoms. The van der Waals surface area contributed by atoms with Gasteiger partial charge in [0.05, 0.1) is 6.04 Å². The van der Waals surface area contributed by atoms with E-state index in [4.69, 9.17) is 4.74 Å². The van der Waals surface area contributed by atoms with Gasteiger partial charge in [0.15, 0.2) is 5.82 Å². The molecular weight excluding hydrogens is 328 g/mol. The fraction of sp³-hybridized carbons (Fsp3) is 0.550. The molecule has 2 aromatic rings. The van der Waals surface area contributed by atoms with Crippen LogP contribution in [0.4, 0.5) is 4.79 Å². The molecule has 1 atom stereocenters. The fourth-order valence-corrected chi connectivity index (χ4v) is 3.17. The first-order valence-electron chi connectivity index (χ1n) is 9.27. The number of aryl methyl sites for hydroxylation is 2.